The van der Waals surface area contributed by atoms with Crippen LogP contribution in [0, 0.1) is 0 Å². The summed E-state index contributed by atoms with van der Waals surface area (Å²) in [6.45, 7) is -2.11. The van der Waals surface area contributed by atoms with Gasteiger partial charge in [0.2, 0.25) is 0 Å². The second kappa shape index (κ2) is 11.3. The lowest BCUT2D eigenvalue weighted by Gasteiger charge is -2.15. The monoisotopic (exact) mass is 489 g/mol. The Morgan fingerprint density at radius 2 is 2.00 bits per heavy atom. The van der Waals surface area contributed by atoms with Crippen molar-refractivity contribution in [2.24, 2.45) is 0 Å². The summed E-state index contributed by atoms with van der Waals surface area (Å²) in [6.07, 6.45) is 3.69. The first kappa shape index (κ1) is 24.0. The van der Waals surface area contributed by atoms with Crippen LogP contribution in [0.25, 0.3) is 0 Å². The molecule has 0 radical (unpaired) electrons. The minimum absolute atomic E-state index is 0.0369. The van der Waals surface area contributed by atoms with E-state index >= 15 is 0 Å². The highest BCUT2D eigenvalue weighted by Gasteiger charge is 2.25. The number of alkyl halides is 2. The molecule has 32 heavy (non-hydrogen) atoms. The van der Waals surface area contributed by atoms with Crippen LogP contribution in [-0.2, 0) is 9.53 Å². The number of hydrogen-bond donors (Lipinski definition) is 2. The molecule has 0 unspecified atom stereocenters. The van der Waals surface area contributed by atoms with Crippen LogP contribution in [-0.4, -0.2) is 49.3 Å². The molecular formula is C20H19Cl2F2N3O5. The number of nitrogens with zero attached hydrogens (tertiary/aromatic N) is 1. The van der Waals surface area contributed by atoms with Gasteiger partial charge < -0.3 is 24.8 Å². The molecule has 1 amide bonds. The zero-order valence-electron chi connectivity index (χ0n) is 16.6. The van der Waals surface area contributed by atoms with Gasteiger partial charge in [-0.05, 0) is 31.2 Å². The third-order valence-corrected chi connectivity index (χ3v) is 4.99. The Morgan fingerprint density at radius 3 is 2.66 bits per heavy atom. The number of esters is 1. The SMILES string of the molecule is O=C(Nc1c(Cl)cncc1Cl)c1ccc(OC(F)F)c(OCCCN[C@@H]2CCOC2=O)c1. The molecule has 1 atom stereocenters. The van der Waals surface area contributed by atoms with Gasteiger partial charge in [0, 0.05) is 24.4 Å². The van der Waals surface area contributed by atoms with Crippen molar-refractivity contribution >= 4 is 40.8 Å². The maximum atomic E-state index is 12.7. The summed E-state index contributed by atoms with van der Waals surface area (Å²) >= 11 is 12.0. The number of carbonyl (C=O) groups excluding carboxylic acids is 2. The molecule has 2 heterocycles. The number of benzene rings is 1. The number of cyclic esters (lactones) is 1. The highest BCUT2D eigenvalue weighted by Crippen LogP contribution is 2.32. The van der Waals surface area contributed by atoms with E-state index in [0.717, 1.165) is 0 Å². The van der Waals surface area contributed by atoms with Gasteiger partial charge in [0.05, 0.1) is 28.9 Å². The number of aromatic nitrogens is 1. The van der Waals surface area contributed by atoms with Crippen molar-refractivity contribution in [1.82, 2.24) is 10.3 Å². The number of hydrogen-bond acceptors (Lipinski definition) is 7. The van der Waals surface area contributed by atoms with Gasteiger partial charge in [-0.2, -0.15) is 8.78 Å². The smallest absolute Gasteiger partial charge is 0.387 e. The normalized spacial score (nSPS) is 15.5. The van der Waals surface area contributed by atoms with Crippen molar-refractivity contribution in [3.8, 4) is 11.5 Å². The van der Waals surface area contributed by atoms with Gasteiger partial charge in [0.1, 0.15) is 6.04 Å². The van der Waals surface area contributed by atoms with Crippen LogP contribution in [0.4, 0.5) is 14.5 Å². The first-order valence-electron chi connectivity index (χ1n) is 9.57. The predicted octanol–water partition coefficient (Wildman–Crippen LogP) is 3.92. The minimum Gasteiger partial charge on any atom is -0.490 e. The van der Waals surface area contributed by atoms with Crippen molar-refractivity contribution in [3.63, 3.8) is 0 Å². The quantitative estimate of drug-likeness (QED) is 0.385. The zero-order valence-corrected chi connectivity index (χ0v) is 18.1. The van der Waals surface area contributed by atoms with E-state index in [-0.39, 0.29) is 51.4 Å². The molecule has 0 bridgehead atoms. The number of ether oxygens (including phenoxy) is 3. The van der Waals surface area contributed by atoms with E-state index in [1.165, 1.54) is 30.6 Å². The molecule has 2 N–H and O–H groups in total. The van der Waals surface area contributed by atoms with Crippen LogP contribution in [0.15, 0.2) is 30.6 Å². The van der Waals surface area contributed by atoms with Gasteiger partial charge in [-0.25, -0.2) is 0 Å². The number of anilines is 1. The molecule has 1 aliphatic heterocycles. The summed E-state index contributed by atoms with van der Waals surface area (Å²) in [4.78, 5) is 27.8. The van der Waals surface area contributed by atoms with Gasteiger partial charge in [0.15, 0.2) is 11.5 Å². The van der Waals surface area contributed by atoms with Gasteiger partial charge in [0.25, 0.3) is 5.91 Å². The number of amides is 1. The molecular weight excluding hydrogens is 471 g/mol. The Morgan fingerprint density at radius 1 is 1.25 bits per heavy atom. The molecule has 0 aliphatic carbocycles. The van der Waals surface area contributed by atoms with Gasteiger partial charge in [-0.15, -0.1) is 0 Å². The topological polar surface area (TPSA) is 98.8 Å². The van der Waals surface area contributed by atoms with E-state index in [9.17, 15) is 18.4 Å². The lowest BCUT2D eigenvalue weighted by atomic mass is 10.2. The number of rotatable bonds is 10. The molecule has 0 saturated carbocycles. The molecule has 1 aromatic heterocycles. The maximum Gasteiger partial charge on any atom is 0.387 e. The van der Waals surface area contributed by atoms with E-state index in [1.54, 1.807) is 0 Å². The van der Waals surface area contributed by atoms with Crippen molar-refractivity contribution < 1.29 is 32.6 Å². The maximum absolute atomic E-state index is 12.7. The van der Waals surface area contributed by atoms with Crippen molar-refractivity contribution in [2.75, 3.05) is 25.1 Å². The molecule has 172 valence electrons. The molecule has 1 aromatic carbocycles. The second-order valence-corrected chi connectivity index (χ2v) is 7.45. The van der Waals surface area contributed by atoms with Crippen molar-refractivity contribution in [3.05, 3.63) is 46.2 Å². The lowest BCUT2D eigenvalue weighted by molar-refractivity contribution is -0.139. The molecule has 8 nitrogen and oxygen atoms in total. The highest BCUT2D eigenvalue weighted by molar-refractivity contribution is 6.39. The summed E-state index contributed by atoms with van der Waals surface area (Å²) in [6, 6.07) is 3.43. The van der Waals surface area contributed by atoms with Crippen LogP contribution in [0.3, 0.4) is 0 Å². The van der Waals surface area contributed by atoms with E-state index < -0.39 is 12.5 Å². The minimum atomic E-state index is -3.07. The van der Waals surface area contributed by atoms with Gasteiger partial charge in [-0.1, -0.05) is 23.2 Å². The van der Waals surface area contributed by atoms with Crippen LogP contribution < -0.4 is 20.1 Å². The molecule has 12 heteroatoms. The fourth-order valence-electron chi connectivity index (χ4n) is 2.88. The standard InChI is InChI=1S/C20H19Cl2F2N3O5/c21-12-9-25-10-13(22)17(12)27-18(28)11-2-3-15(32-20(23)24)16(8-11)30-6-1-5-26-14-4-7-31-19(14)29/h2-3,8-10,14,20,26H,1,4-7H2,(H,25,27,28)/t14-/m1/s1. The summed E-state index contributed by atoms with van der Waals surface area (Å²) in [5.74, 6) is -1.14. The largest absolute Gasteiger partial charge is 0.490 e. The first-order chi connectivity index (χ1) is 15.3. The average Bonchev–Trinajstić information content (AvgIpc) is 3.15. The number of carbonyl (C=O) groups is 2. The Labute approximate surface area is 192 Å². The Balaban J connectivity index is 1.64. The van der Waals surface area contributed by atoms with Crippen molar-refractivity contribution in [1.29, 1.82) is 0 Å². The molecule has 1 fully saturated rings. The van der Waals surface area contributed by atoms with Crippen LogP contribution in [0.2, 0.25) is 10.0 Å². The molecule has 2 aromatic rings. The highest BCUT2D eigenvalue weighted by atomic mass is 35.5. The van der Waals surface area contributed by atoms with Crippen LogP contribution in [0.1, 0.15) is 23.2 Å². The van der Waals surface area contributed by atoms with Crippen LogP contribution >= 0.6 is 23.2 Å². The summed E-state index contributed by atoms with van der Waals surface area (Å²) in [7, 11) is 0. The Kier molecular flexibility index (Phi) is 8.43. The predicted molar refractivity (Wildman–Crippen MR) is 113 cm³/mol. The third-order valence-electron chi connectivity index (χ3n) is 4.42. The lowest BCUT2D eigenvalue weighted by Crippen LogP contribution is -2.34. The second-order valence-electron chi connectivity index (χ2n) is 6.64. The summed E-state index contributed by atoms with van der Waals surface area (Å²) in [5, 5.41) is 5.86. The fourth-order valence-corrected chi connectivity index (χ4v) is 3.34. The number of halogens is 4. The van der Waals surface area contributed by atoms with E-state index in [4.69, 9.17) is 32.7 Å². The molecule has 0 spiro atoms. The summed E-state index contributed by atoms with van der Waals surface area (Å²) in [5.41, 5.74) is 0.276. The van der Waals surface area contributed by atoms with E-state index in [2.05, 4.69) is 20.4 Å². The number of pyridine rings is 1. The zero-order chi connectivity index (χ0) is 23.1. The third kappa shape index (κ3) is 6.41. The van der Waals surface area contributed by atoms with Crippen LogP contribution in [0.5, 0.6) is 11.5 Å². The molecule has 3 rings (SSSR count). The molecule has 1 aliphatic rings. The van der Waals surface area contributed by atoms with E-state index in [0.29, 0.717) is 26.0 Å². The van der Waals surface area contributed by atoms with Crippen molar-refractivity contribution in [2.45, 2.75) is 25.5 Å². The van der Waals surface area contributed by atoms with Gasteiger partial charge in [-0.3, -0.25) is 14.6 Å². The Hall–Kier alpha value is -2.69. The fraction of sp³-hybridized carbons (Fsp3) is 0.350. The molecule has 1 saturated heterocycles. The van der Waals surface area contributed by atoms with E-state index in [1.807, 2.05) is 0 Å². The summed E-state index contributed by atoms with van der Waals surface area (Å²) < 4.78 is 40.4. The Bertz CT molecular complexity index is 960. The number of nitrogens with one attached hydrogen (secondary N) is 2. The van der Waals surface area contributed by atoms with Gasteiger partial charge >= 0.3 is 12.6 Å². The first-order valence-corrected chi connectivity index (χ1v) is 10.3. The average molecular weight is 490 g/mol.